The average Bonchev–Trinajstić information content (AvgIpc) is 3.14. The first-order valence-electron chi connectivity index (χ1n) is 9.54. The lowest BCUT2D eigenvalue weighted by molar-refractivity contribution is 0.0588. The summed E-state index contributed by atoms with van der Waals surface area (Å²) in [6.45, 7) is 7.13. The van der Waals surface area contributed by atoms with Crippen molar-refractivity contribution in [2.75, 3.05) is 32.8 Å². The van der Waals surface area contributed by atoms with Gasteiger partial charge in [0.15, 0.2) is 0 Å². The van der Waals surface area contributed by atoms with Crippen LogP contribution >= 0.6 is 12.4 Å². The summed E-state index contributed by atoms with van der Waals surface area (Å²) >= 11 is 0. The molecule has 0 spiro atoms. The molecule has 2 aliphatic heterocycles. The summed E-state index contributed by atoms with van der Waals surface area (Å²) in [5.74, 6) is 1.02. The van der Waals surface area contributed by atoms with Crippen molar-refractivity contribution in [3.8, 4) is 5.75 Å². The number of hydrogen-bond donors (Lipinski definition) is 0. The van der Waals surface area contributed by atoms with Gasteiger partial charge in [-0.25, -0.2) is 0 Å². The molecule has 0 bridgehead atoms. The summed E-state index contributed by atoms with van der Waals surface area (Å²) in [6, 6.07) is 8.01. The summed E-state index contributed by atoms with van der Waals surface area (Å²) in [4.78, 5) is 17.6. The Morgan fingerprint density at radius 3 is 2.44 bits per heavy atom. The minimum Gasteiger partial charge on any atom is -0.494 e. The highest BCUT2D eigenvalue weighted by Crippen LogP contribution is 2.24. The van der Waals surface area contributed by atoms with Gasteiger partial charge in [0.05, 0.1) is 6.61 Å². The Morgan fingerprint density at radius 2 is 1.76 bits per heavy atom. The monoisotopic (exact) mass is 366 g/mol. The van der Waals surface area contributed by atoms with Gasteiger partial charge in [-0.3, -0.25) is 4.79 Å². The van der Waals surface area contributed by atoms with Crippen molar-refractivity contribution in [1.82, 2.24) is 9.80 Å². The van der Waals surface area contributed by atoms with Gasteiger partial charge in [-0.05, 0) is 82.8 Å². The highest BCUT2D eigenvalue weighted by atomic mass is 35.5. The van der Waals surface area contributed by atoms with E-state index in [0.29, 0.717) is 12.6 Å². The Balaban J connectivity index is 0.00000225. The third-order valence-electron chi connectivity index (χ3n) is 5.28. The Kier molecular flexibility index (Phi) is 8.04. The van der Waals surface area contributed by atoms with Crippen LogP contribution in [0.4, 0.5) is 0 Å². The van der Waals surface area contributed by atoms with E-state index in [4.69, 9.17) is 4.74 Å². The van der Waals surface area contributed by atoms with Crippen LogP contribution in [0.5, 0.6) is 5.75 Å². The molecular formula is C20H31ClN2O2. The van der Waals surface area contributed by atoms with E-state index in [9.17, 15) is 4.79 Å². The van der Waals surface area contributed by atoms with Crippen LogP contribution in [0.3, 0.4) is 0 Å². The van der Waals surface area contributed by atoms with E-state index in [0.717, 1.165) is 43.7 Å². The number of benzene rings is 1. The van der Waals surface area contributed by atoms with Crippen LogP contribution in [0.2, 0.25) is 0 Å². The molecule has 0 N–H and O–H groups in total. The van der Waals surface area contributed by atoms with Crippen molar-refractivity contribution in [2.45, 2.75) is 51.5 Å². The molecule has 1 aromatic rings. The van der Waals surface area contributed by atoms with Crippen molar-refractivity contribution in [3.63, 3.8) is 0 Å². The molecule has 2 heterocycles. The lowest BCUT2D eigenvalue weighted by Crippen LogP contribution is -2.45. The van der Waals surface area contributed by atoms with Crippen molar-refractivity contribution in [3.05, 3.63) is 29.8 Å². The van der Waals surface area contributed by atoms with Crippen LogP contribution in [-0.4, -0.2) is 54.5 Å². The Morgan fingerprint density at radius 1 is 1.08 bits per heavy atom. The van der Waals surface area contributed by atoms with Gasteiger partial charge in [0.2, 0.25) is 0 Å². The van der Waals surface area contributed by atoms with Gasteiger partial charge in [0, 0.05) is 24.7 Å². The molecule has 2 fully saturated rings. The quantitative estimate of drug-likeness (QED) is 0.763. The molecule has 4 nitrogen and oxygen atoms in total. The van der Waals surface area contributed by atoms with E-state index in [-0.39, 0.29) is 18.3 Å². The minimum absolute atomic E-state index is 0. The van der Waals surface area contributed by atoms with E-state index in [1.54, 1.807) is 0 Å². The van der Waals surface area contributed by atoms with E-state index in [1.807, 2.05) is 31.2 Å². The second-order valence-electron chi connectivity index (χ2n) is 6.94. The van der Waals surface area contributed by atoms with Gasteiger partial charge in [-0.2, -0.15) is 0 Å². The summed E-state index contributed by atoms with van der Waals surface area (Å²) in [7, 11) is 0. The third kappa shape index (κ3) is 5.35. The zero-order valence-corrected chi connectivity index (χ0v) is 16.1. The van der Waals surface area contributed by atoms with Crippen LogP contribution in [0.25, 0.3) is 0 Å². The molecule has 1 unspecified atom stereocenters. The van der Waals surface area contributed by atoms with Crippen molar-refractivity contribution >= 4 is 18.3 Å². The second-order valence-corrected chi connectivity index (χ2v) is 6.94. The number of piperidine rings is 1. The number of ether oxygens (including phenoxy) is 1. The maximum absolute atomic E-state index is 12.9. The zero-order valence-electron chi connectivity index (χ0n) is 15.3. The molecular weight excluding hydrogens is 336 g/mol. The molecule has 3 rings (SSSR count). The Labute approximate surface area is 157 Å². The van der Waals surface area contributed by atoms with Crippen molar-refractivity contribution in [2.24, 2.45) is 0 Å². The van der Waals surface area contributed by atoms with Crippen LogP contribution in [0.15, 0.2) is 24.3 Å². The number of amides is 1. The number of hydrogen-bond acceptors (Lipinski definition) is 3. The van der Waals surface area contributed by atoms with Gasteiger partial charge < -0.3 is 14.5 Å². The third-order valence-corrected chi connectivity index (χ3v) is 5.28. The molecule has 1 amide bonds. The maximum atomic E-state index is 12.9. The topological polar surface area (TPSA) is 32.8 Å². The standard InChI is InChI=1S/C20H30N2O2.ClH/c1-2-24-19-10-8-17(9-11-19)20(23)22-15-4-3-7-18(22)12-16-21-13-5-6-14-21;/h8-11,18H,2-7,12-16H2,1H3;1H. The number of carbonyl (C=O) groups excluding carboxylic acids is 1. The Bertz CT molecular complexity index is 529. The van der Waals surface area contributed by atoms with Gasteiger partial charge in [-0.1, -0.05) is 0 Å². The minimum atomic E-state index is 0. The normalized spacial score (nSPS) is 21.0. The largest absolute Gasteiger partial charge is 0.494 e. The summed E-state index contributed by atoms with van der Waals surface area (Å²) < 4.78 is 5.47. The molecule has 0 saturated carbocycles. The fraction of sp³-hybridized carbons (Fsp3) is 0.650. The van der Waals surface area contributed by atoms with E-state index in [2.05, 4.69) is 9.80 Å². The van der Waals surface area contributed by atoms with E-state index < -0.39 is 0 Å². The van der Waals surface area contributed by atoms with E-state index >= 15 is 0 Å². The maximum Gasteiger partial charge on any atom is 0.254 e. The molecule has 0 radical (unpaired) electrons. The second kappa shape index (κ2) is 10.0. The molecule has 1 aromatic carbocycles. The number of carbonyl (C=O) groups is 1. The summed E-state index contributed by atoms with van der Waals surface area (Å²) in [5.41, 5.74) is 0.784. The smallest absolute Gasteiger partial charge is 0.254 e. The average molecular weight is 367 g/mol. The van der Waals surface area contributed by atoms with Crippen molar-refractivity contribution in [1.29, 1.82) is 0 Å². The zero-order chi connectivity index (χ0) is 16.8. The summed E-state index contributed by atoms with van der Waals surface area (Å²) in [6.07, 6.45) is 7.30. The van der Waals surface area contributed by atoms with E-state index in [1.165, 1.54) is 32.4 Å². The molecule has 140 valence electrons. The molecule has 5 heteroatoms. The lowest BCUT2D eigenvalue weighted by Gasteiger charge is -2.36. The van der Waals surface area contributed by atoms with Crippen LogP contribution in [0.1, 0.15) is 55.8 Å². The van der Waals surface area contributed by atoms with Gasteiger partial charge >= 0.3 is 0 Å². The molecule has 2 saturated heterocycles. The van der Waals surface area contributed by atoms with Crippen molar-refractivity contribution < 1.29 is 9.53 Å². The van der Waals surface area contributed by atoms with Gasteiger partial charge in [0.25, 0.3) is 5.91 Å². The van der Waals surface area contributed by atoms with Crippen LogP contribution in [-0.2, 0) is 0 Å². The predicted molar refractivity (Wildman–Crippen MR) is 104 cm³/mol. The Hall–Kier alpha value is -1.26. The first kappa shape index (κ1) is 20.1. The molecule has 25 heavy (non-hydrogen) atoms. The first-order chi connectivity index (χ1) is 11.8. The number of nitrogens with zero attached hydrogens (tertiary/aromatic N) is 2. The molecule has 0 aromatic heterocycles. The highest BCUT2D eigenvalue weighted by molar-refractivity contribution is 5.94. The summed E-state index contributed by atoms with van der Waals surface area (Å²) in [5, 5.41) is 0. The van der Waals surface area contributed by atoms with Crippen LogP contribution in [0, 0.1) is 0 Å². The SMILES string of the molecule is CCOc1ccc(C(=O)N2CCCCC2CCN2CCCC2)cc1.Cl. The number of halogens is 1. The number of likely N-dealkylation sites (tertiary alicyclic amines) is 2. The fourth-order valence-corrected chi connectivity index (χ4v) is 3.93. The molecule has 2 aliphatic rings. The highest BCUT2D eigenvalue weighted by Gasteiger charge is 2.28. The first-order valence-corrected chi connectivity index (χ1v) is 9.54. The number of rotatable bonds is 6. The predicted octanol–water partition coefficient (Wildman–Crippen LogP) is 3.99. The lowest BCUT2D eigenvalue weighted by atomic mass is 9.98. The molecule has 0 aliphatic carbocycles. The fourth-order valence-electron chi connectivity index (χ4n) is 3.93. The van der Waals surface area contributed by atoms with Crippen LogP contribution < -0.4 is 4.74 Å². The molecule has 1 atom stereocenters. The van der Waals surface area contributed by atoms with Gasteiger partial charge in [-0.15, -0.1) is 12.4 Å². The van der Waals surface area contributed by atoms with Gasteiger partial charge in [0.1, 0.15) is 5.75 Å².